The van der Waals surface area contributed by atoms with Crippen LogP contribution in [0.1, 0.15) is 13.8 Å². The number of para-hydroxylation sites is 1. The number of nitrogens with zero attached hydrogens (tertiary/aromatic N) is 3. The van der Waals surface area contributed by atoms with Crippen molar-refractivity contribution in [1.29, 1.82) is 0 Å². The first-order valence-electron chi connectivity index (χ1n) is 9.81. The molecule has 3 aromatic rings. The van der Waals surface area contributed by atoms with Gasteiger partial charge in [0.05, 0.1) is 17.5 Å². The molecular weight excluding hydrogens is 368 g/mol. The van der Waals surface area contributed by atoms with Crippen LogP contribution in [0.4, 0.5) is 0 Å². The third kappa shape index (κ3) is 5.07. The molecule has 0 bridgehead atoms. The third-order valence-corrected chi connectivity index (χ3v) is 4.72. The van der Waals surface area contributed by atoms with Crippen molar-refractivity contribution in [3.8, 4) is 11.4 Å². The van der Waals surface area contributed by atoms with Gasteiger partial charge in [0, 0.05) is 12.1 Å². The second kappa shape index (κ2) is 9.95. The summed E-state index contributed by atoms with van der Waals surface area (Å²) in [5, 5.41) is 0.440. The van der Waals surface area contributed by atoms with Gasteiger partial charge in [-0.1, -0.05) is 56.3 Å². The Balaban J connectivity index is 1.81. The maximum absolute atomic E-state index is 13.0. The molecule has 7 heteroatoms. The van der Waals surface area contributed by atoms with Gasteiger partial charge < -0.3 is 9.64 Å². The zero-order valence-electron chi connectivity index (χ0n) is 16.8. The van der Waals surface area contributed by atoms with Crippen molar-refractivity contribution in [3.63, 3.8) is 0 Å². The molecule has 0 aliphatic heterocycles. The molecule has 0 radical (unpaired) electrons. The van der Waals surface area contributed by atoms with Gasteiger partial charge in [0.15, 0.2) is 5.82 Å². The average molecular weight is 394 g/mol. The van der Waals surface area contributed by atoms with Crippen LogP contribution in [-0.2, 0) is 9.53 Å². The van der Waals surface area contributed by atoms with Crippen LogP contribution < -0.4 is 11.0 Å². The van der Waals surface area contributed by atoms with E-state index in [9.17, 15) is 9.59 Å². The quantitative estimate of drug-likeness (QED) is 0.565. The van der Waals surface area contributed by atoms with Crippen LogP contribution in [-0.4, -0.2) is 53.3 Å². The smallest absolute Gasteiger partial charge is 0.280 e. The molecule has 0 unspecified atom stereocenters. The summed E-state index contributed by atoms with van der Waals surface area (Å²) in [5.41, 5.74) is 3.64. The summed E-state index contributed by atoms with van der Waals surface area (Å²) >= 11 is 0. The van der Waals surface area contributed by atoms with Crippen molar-refractivity contribution >= 4 is 16.8 Å². The Bertz CT molecular complexity index is 1010. The monoisotopic (exact) mass is 394 g/mol. The van der Waals surface area contributed by atoms with E-state index >= 15 is 0 Å². The van der Waals surface area contributed by atoms with Gasteiger partial charge in [-0.2, -0.15) is 4.68 Å². The van der Waals surface area contributed by atoms with Crippen LogP contribution >= 0.6 is 0 Å². The number of amides is 1. The topological polar surface area (TPSA) is 76.5 Å². The minimum absolute atomic E-state index is 0.130. The summed E-state index contributed by atoms with van der Waals surface area (Å²) in [6.07, 6.45) is 0. The molecule has 1 heterocycles. The molecule has 0 saturated heterocycles. The summed E-state index contributed by atoms with van der Waals surface area (Å²) in [4.78, 5) is 32.3. The van der Waals surface area contributed by atoms with E-state index in [2.05, 4.69) is 29.2 Å². The second-order valence-corrected chi connectivity index (χ2v) is 6.57. The number of benzene rings is 2. The van der Waals surface area contributed by atoms with E-state index < -0.39 is 5.91 Å². The van der Waals surface area contributed by atoms with Gasteiger partial charge in [-0.3, -0.25) is 15.0 Å². The largest absolute Gasteiger partial charge is 0.370 e. The molecule has 0 saturated carbocycles. The highest BCUT2D eigenvalue weighted by molar-refractivity contribution is 5.87. The molecule has 1 amide bonds. The van der Waals surface area contributed by atoms with Gasteiger partial charge in [0.1, 0.15) is 6.61 Å². The van der Waals surface area contributed by atoms with Crippen LogP contribution in [0.2, 0.25) is 0 Å². The minimum Gasteiger partial charge on any atom is -0.370 e. The number of likely N-dealkylation sites (N-methyl/N-ethyl adjacent to an activating group) is 1. The van der Waals surface area contributed by atoms with Gasteiger partial charge in [-0.05, 0) is 25.2 Å². The second-order valence-electron chi connectivity index (χ2n) is 6.57. The number of carbonyl (C=O) groups excluding carboxylic acids is 1. The molecule has 2 aromatic carbocycles. The lowest BCUT2D eigenvalue weighted by molar-refractivity contribution is -0.121. The number of fused-ring (bicyclic) bond motifs is 1. The number of aromatic nitrogens is 2. The SMILES string of the molecule is CCN(CC)CCOCC(=O)Nn1c(-c2ccccc2)nc2ccccc2c1=O. The van der Waals surface area contributed by atoms with Gasteiger partial charge >= 0.3 is 0 Å². The van der Waals surface area contributed by atoms with Crippen LogP contribution in [0.5, 0.6) is 0 Å². The van der Waals surface area contributed by atoms with Crippen molar-refractivity contribution in [3.05, 3.63) is 65.0 Å². The Morgan fingerprint density at radius 2 is 1.76 bits per heavy atom. The van der Waals surface area contributed by atoms with E-state index in [4.69, 9.17) is 4.74 Å². The van der Waals surface area contributed by atoms with Gasteiger partial charge in [-0.25, -0.2) is 4.98 Å². The van der Waals surface area contributed by atoms with Crippen molar-refractivity contribution in [1.82, 2.24) is 14.6 Å². The van der Waals surface area contributed by atoms with Crippen molar-refractivity contribution in [2.24, 2.45) is 0 Å². The highest BCUT2D eigenvalue weighted by Crippen LogP contribution is 2.17. The predicted molar refractivity (Wildman–Crippen MR) is 114 cm³/mol. The van der Waals surface area contributed by atoms with Gasteiger partial charge in [0.2, 0.25) is 0 Å². The van der Waals surface area contributed by atoms with E-state index in [-0.39, 0.29) is 12.2 Å². The van der Waals surface area contributed by atoms with Crippen molar-refractivity contribution in [2.75, 3.05) is 38.3 Å². The first-order chi connectivity index (χ1) is 14.1. The Morgan fingerprint density at radius 1 is 1.07 bits per heavy atom. The molecule has 3 rings (SSSR count). The third-order valence-electron chi connectivity index (χ3n) is 4.72. The molecule has 1 N–H and O–H groups in total. The zero-order valence-corrected chi connectivity index (χ0v) is 16.8. The molecule has 7 nitrogen and oxygen atoms in total. The molecule has 152 valence electrons. The number of carbonyl (C=O) groups is 1. The fraction of sp³-hybridized carbons (Fsp3) is 0.318. The van der Waals surface area contributed by atoms with Crippen LogP contribution in [0.15, 0.2) is 59.4 Å². The van der Waals surface area contributed by atoms with E-state index in [1.54, 1.807) is 18.2 Å². The highest BCUT2D eigenvalue weighted by Gasteiger charge is 2.15. The van der Waals surface area contributed by atoms with E-state index in [1.807, 2.05) is 36.4 Å². The Hall–Kier alpha value is -3.03. The molecule has 0 aliphatic rings. The lowest BCUT2D eigenvalue weighted by Gasteiger charge is -2.18. The average Bonchev–Trinajstić information content (AvgIpc) is 2.76. The van der Waals surface area contributed by atoms with Gasteiger partial charge in [-0.15, -0.1) is 0 Å². The summed E-state index contributed by atoms with van der Waals surface area (Å²) in [5.74, 6) is -0.0216. The lowest BCUT2D eigenvalue weighted by atomic mass is 10.2. The van der Waals surface area contributed by atoms with E-state index in [0.717, 1.165) is 25.2 Å². The molecule has 0 spiro atoms. The fourth-order valence-electron chi connectivity index (χ4n) is 3.07. The summed E-state index contributed by atoms with van der Waals surface area (Å²) in [7, 11) is 0. The zero-order chi connectivity index (χ0) is 20.6. The van der Waals surface area contributed by atoms with Crippen LogP contribution in [0, 0.1) is 0 Å². The summed E-state index contributed by atoms with van der Waals surface area (Å²) in [6, 6.07) is 16.4. The number of hydrogen-bond acceptors (Lipinski definition) is 5. The number of hydrogen-bond donors (Lipinski definition) is 1. The van der Waals surface area contributed by atoms with E-state index in [0.29, 0.717) is 23.3 Å². The maximum Gasteiger partial charge on any atom is 0.280 e. The number of ether oxygens (including phenoxy) is 1. The summed E-state index contributed by atoms with van der Waals surface area (Å²) in [6.45, 7) is 7.11. The predicted octanol–water partition coefficient (Wildman–Crippen LogP) is 2.49. The van der Waals surface area contributed by atoms with E-state index in [1.165, 1.54) is 4.68 Å². The Kier molecular flexibility index (Phi) is 7.10. The normalized spacial score (nSPS) is 11.1. The first kappa shape index (κ1) is 20.7. The van der Waals surface area contributed by atoms with Crippen LogP contribution in [0.25, 0.3) is 22.3 Å². The Morgan fingerprint density at radius 3 is 2.48 bits per heavy atom. The number of nitrogens with one attached hydrogen (secondary N) is 1. The molecule has 0 aliphatic carbocycles. The molecule has 0 atom stereocenters. The fourth-order valence-corrected chi connectivity index (χ4v) is 3.07. The molecule has 1 aromatic heterocycles. The van der Waals surface area contributed by atoms with Crippen LogP contribution in [0.3, 0.4) is 0 Å². The summed E-state index contributed by atoms with van der Waals surface area (Å²) < 4.78 is 6.69. The first-order valence-corrected chi connectivity index (χ1v) is 9.81. The van der Waals surface area contributed by atoms with Crippen molar-refractivity contribution < 1.29 is 9.53 Å². The standard InChI is InChI=1S/C22H26N4O3/c1-3-25(4-2)14-15-29-16-20(27)24-26-21(17-10-6-5-7-11-17)23-19-13-9-8-12-18(19)22(26)28/h5-13H,3-4,14-16H2,1-2H3,(H,24,27). The Labute approximate surface area is 169 Å². The number of rotatable bonds is 9. The minimum atomic E-state index is -0.402. The maximum atomic E-state index is 13.0. The molecule has 29 heavy (non-hydrogen) atoms. The molecular formula is C22H26N4O3. The lowest BCUT2D eigenvalue weighted by Crippen LogP contribution is -2.37. The van der Waals surface area contributed by atoms with Crippen molar-refractivity contribution in [2.45, 2.75) is 13.8 Å². The van der Waals surface area contributed by atoms with Gasteiger partial charge in [0.25, 0.3) is 11.5 Å². The molecule has 0 fully saturated rings. The highest BCUT2D eigenvalue weighted by atomic mass is 16.5.